The van der Waals surface area contributed by atoms with Crippen molar-refractivity contribution < 1.29 is 4.74 Å². The van der Waals surface area contributed by atoms with E-state index in [-0.39, 0.29) is 5.60 Å². The molecule has 0 amide bonds. The van der Waals surface area contributed by atoms with Crippen LogP contribution in [0.5, 0.6) is 0 Å². The van der Waals surface area contributed by atoms with Crippen molar-refractivity contribution in [3.8, 4) is 0 Å². The van der Waals surface area contributed by atoms with Gasteiger partial charge in [-0.05, 0) is 32.2 Å². The van der Waals surface area contributed by atoms with Crippen molar-refractivity contribution in [2.75, 3.05) is 13.7 Å². The zero-order valence-corrected chi connectivity index (χ0v) is 9.39. The largest absolute Gasteiger partial charge is 0.375 e. The minimum absolute atomic E-state index is 0.131. The molecular weight excluding hydrogens is 162 g/mol. The second-order valence-electron chi connectivity index (χ2n) is 4.40. The molecule has 1 heterocycles. The Balaban J connectivity index is 2.64. The van der Waals surface area contributed by atoms with E-state index in [1.54, 1.807) is 0 Å². The molecule has 2 atom stereocenters. The van der Waals surface area contributed by atoms with Crippen LogP contribution in [-0.4, -0.2) is 25.3 Å². The van der Waals surface area contributed by atoms with Crippen LogP contribution in [0, 0.1) is 5.92 Å². The van der Waals surface area contributed by atoms with Crippen LogP contribution in [0.2, 0.25) is 0 Å². The lowest BCUT2D eigenvalue weighted by molar-refractivity contribution is -0.118. The molecule has 0 spiro atoms. The van der Waals surface area contributed by atoms with Gasteiger partial charge in [-0.15, -0.1) is 0 Å². The van der Waals surface area contributed by atoms with Crippen molar-refractivity contribution in [2.45, 2.75) is 51.7 Å². The summed E-state index contributed by atoms with van der Waals surface area (Å²) >= 11 is 0. The summed E-state index contributed by atoms with van der Waals surface area (Å²) in [5.41, 5.74) is 0.131. The van der Waals surface area contributed by atoms with Crippen LogP contribution in [0.3, 0.4) is 0 Å². The normalized spacial score (nSPS) is 35.3. The number of hydrogen-bond acceptors (Lipinski definition) is 2. The van der Waals surface area contributed by atoms with Crippen molar-refractivity contribution in [2.24, 2.45) is 5.92 Å². The van der Waals surface area contributed by atoms with E-state index in [4.69, 9.17) is 4.74 Å². The first-order valence-electron chi connectivity index (χ1n) is 5.46. The number of hydrogen-bond donors (Lipinski definition) is 1. The Morgan fingerprint density at radius 1 is 1.54 bits per heavy atom. The molecule has 2 heteroatoms. The average Bonchev–Trinajstić information content (AvgIpc) is 2.17. The van der Waals surface area contributed by atoms with E-state index in [0.717, 1.165) is 25.9 Å². The molecule has 0 radical (unpaired) electrons. The van der Waals surface area contributed by atoms with Crippen molar-refractivity contribution in [3.63, 3.8) is 0 Å². The summed E-state index contributed by atoms with van der Waals surface area (Å²) in [5, 5.41) is 3.37. The highest BCUT2D eigenvalue weighted by Crippen LogP contribution is 2.34. The lowest BCUT2D eigenvalue weighted by Crippen LogP contribution is -2.48. The van der Waals surface area contributed by atoms with Gasteiger partial charge < -0.3 is 10.1 Å². The summed E-state index contributed by atoms with van der Waals surface area (Å²) in [4.78, 5) is 0. The van der Waals surface area contributed by atoms with E-state index in [9.17, 15) is 0 Å². The first kappa shape index (κ1) is 11.0. The Hall–Kier alpha value is -0.0800. The fourth-order valence-corrected chi connectivity index (χ4v) is 2.29. The van der Waals surface area contributed by atoms with Gasteiger partial charge in [-0.3, -0.25) is 0 Å². The SMILES string of the molecule is CCC1(C(C)C)CC(NC)CCO1. The maximum Gasteiger partial charge on any atom is 0.0717 e. The van der Waals surface area contributed by atoms with Crippen molar-refractivity contribution in [1.29, 1.82) is 0 Å². The summed E-state index contributed by atoms with van der Waals surface area (Å²) in [6.07, 6.45) is 3.45. The van der Waals surface area contributed by atoms with Gasteiger partial charge in [0.15, 0.2) is 0 Å². The average molecular weight is 185 g/mol. The first-order valence-corrected chi connectivity index (χ1v) is 5.46. The Morgan fingerprint density at radius 2 is 2.23 bits per heavy atom. The minimum Gasteiger partial charge on any atom is -0.375 e. The van der Waals surface area contributed by atoms with E-state index in [2.05, 4.69) is 33.1 Å². The molecule has 2 unspecified atom stereocenters. The van der Waals surface area contributed by atoms with Crippen molar-refractivity contribution in [3.05, 3.63) is 0 Å². The summed E-state index contributed by atoms with van der Waals surface area (Å²) in [6.45, 7) is 7.68. The summed E-state index contributed by atoms with van der Waals surface area (Å²) in [5.74, 6) is 0.619. The van der Waals surface area contributed by atoms with Gasteiger partial charge in [0, 0.05) is 12.6 Å². The van der Waals surface area contributed by atoms with Gasteiger partial charge in [-0.25, -0.2) is 0 Å². The number of rotatable bonds is 3. The second-order valence-corrected chi connectivity index (χ2v) is 4.40. The molecule has 1 saturated heterocycles. The van der Waals surface area contributed by atoms with Crippen LogP contribution < -0.4 is 5.32 Å². The second kappa shape index (κ2) is 4.43. The van der Waals surface area contributed by atoms with E-state index in [1.807, 2.05) is 0 Å². The van der Waals surface area contributed by atoms with Crippen LogP contribution in [-0.2, 0) is 4.74 Å². The van der Waals surface area contributed by atoms with Gasteiger partial charge >= 0.3 is 0 Å². The Labute approximate surface area is 82.0 Å². The molecule has 2 nitrogen and oxygen atoms in total. The highest BCUT2D eigenvalue weighted by Gasteiger charge is 2.38. The molecule has 13 heavy (non-hydrogen) atoms. The van der Waals surface area contributed by atoms with Gasteiger partial charge in [0.2, 0.25) is 0 Å². The fraction of sp³-hybridized carbons (Fsp3) is 1.00. The fourth-order valence-electron chi connectivity index (χ4n) is 2.29. The van der Waals surface area contributed by atoms with Crippen LogP contribution >= 0.6 is 0 Å². The Bertz CT molecular complexity index is 158. The van der Waals surface area contributed by atoms with Gasteiger partial charge in [-0.1, -0.05) is 20.8 Å². The van der Waals surface area contributed by atoms with E-state index in [1.165, 1.54) is 0 Å². The number of ether oxygens (including phenoxy) is 1. The molecule has 1 fully saturated rings. The van der Waals surface area contributed by atoms with Gasteiger partial charge in [0.05, 0.1) is 5.60 Å². The predicted molar refractivity (Wildman–Crippen MR) is 55.9 cm³/mol. The molecule has 0 aromatic heterocycles. The van der Waals surface area contributed by atoms with Gasteiger partial charge in [0.1, 0.15) is 0 Å². The van der Waals surface area contributed by atoms with Crippen LogP contribution in [0.15, 0.2) is 0 Å². The van der Waals surface area contributed by atoms with E-state index in [0.29, 0.717) is 12.0 Å². The molecule has 0 aliphatic carbocycles. The third-order valence-electron chi connectivity index (χ3n) is 3.51. The first-order chi connectivity index (χ1) is 6.14. The van der Waals surface area contributed by atoms with E-state index < -0.39 is 0 Å². The van der Waals surface area contributed by atoms with Crippen LogP contribution in [0.1, 0.15) is 40.0 Å². The van der Waals surface area contributed by atoms with Gasteiger partial charge in [0.25, 0.3) is 0 Å². The zero-order chi connectivity index (χ0) is 9.90. The summed E-state index contributed by atoms with van der Waals surface area (Å²) in [7, 11) is 2.05. The van der Waals surface area contributed by atoms with Crippen LogP contribution in [0.25, 0.3) is 0 Å². The van der Waals surface area contributed by atoms with Crippen LogP contribution in [0.4, 0.5) is 0 Å². The maximum atomic E-state index is 5.97. The summed E-state index contributed by atoms with van der Waals surface area (Å²) < 4.78 is 5.97. The molecule has 78 valence electrons. The molecule has 0 aromatic rings. The van der Waals surface area contributed by atoms with Crippen molar-refractivity contribution >= 4 is 0 Å². The maximum absolute atomic E-state index is 5.97. The molecule has 0 aromatic carbocycles. The molecule has 1 aliphatic heterocycles. The highest BCUT2D eigenvalue weighted by atomic mass is 16.5. The third-order valence-corrected chi connectivity index (χ3v) is 3.51. The zero-order valence-electron chi connectivity index (χ0n) is 9.39. The molecule has 0 saturated carbocycles. The molecule has 1 aliphatic rings. The highest BCUT2D eigenvalue weighted by molar-refractivity contribution is 4.90. The third kappa shape index (κ3) is 2.23. The lowest BCUT2D eigenvalue weighted by Gasteiger charge is -2.43. The standard InChI is InChI=1S/C11H23NO/c1-5-11(9(2)3)8-10(12-4)6-7-13-11/h9-10,12H,5-8H2,1-4H3. The van der Waals surface area contributed by atoms with Crippen molar-refractivity contribution in [1.82, 2.24) is 5.32 Å². The minimum atomic E-state index is 0.131. The van der Waals surface area contributed by atoms with Gasteiger partial charge in [-0.2, -0.15) is 0 Å². The van der Waals surface area contributed by atoms with E-state index >= 15 is 0 Å². The Kier molecular flexibility index (Phi) is 3.74. The number of nitrogens with one attached hydrogen (secondary N) is 1. The molecule has 1 rings (SSSR count). The topological polar surface area (TPSA) is 21.3 Å². The quantitative estimate of drug-likeness (QED) is 0.727. The smallest absolute Gasteiger partial charge is 0.0717 e. The predicted octanol–water partition coefficient (Wildman–Crippen LogP) is 2.19. The monoisotopic (exact) mass is 185 g/mol. The molecule has 1 N–H and O–H groups in total. The molecule has 0 bridgehead atoms. The summed E-state index contributed by atoms with van der Waals surface area (Å²) in [6, 6.07) is 0.649. The Morgan fingerprint density at radius 3 is 2.69 bits per heavy atom. The molecular formula is C11H23NO. The lowest BCUT2D eigenvalue weighted by atomic mass is 9.79.